The fourth-order valence-corrected chi connectivity index (χ4v) is 4.93. The molecule has 5 heteroatoms. The van der Waals surface area contributed by atoms with Gasteiger partial charge in [0, 0.05) is 19.1 Å². The van der Waals surface area contributed by atoms with Gasteiger partial charge in [-0.3, -0.25) is 4.79 Å². The van der Waals surface area contributed by atoms with Crippen molar-refractivity contribution in [3.63, 3.8) is 0 Å². The molecule has 5 rings (SSSR count). The molecule has 1 saturated heterocycles. The van der Waals surface area contributed by atoms with E-state index in [-0.39, 0.29) is 11.9 Å². The molecule has 3 unspecified atom stereocenters. The number of imidazole rings is 1. The summed E-state index contributed by atoms with van der Waals surface area (Å²) in [5.74, 6) is 0.839. The van der Waals surface area contributed by atoms with Gasteiger partial charge in [0.05, 0.1) is 23.4 Å². The second-order valence-electron chi connectivity index (χ2n) is 8.50. The van der Waals surface area contributed by atoms with Crippen molar-refractivity contribution in [3.8, 4) is 0 Å². The van der Waals surface area contributed by atoms with Crippen molar-refractivity contribution in [1.29, 1.82) is 0 Å². The van der Waals surface area contributed by atoms with E-state index >= 15 is 0 Å². The Hall–Kier alpha value is -2.66. The third-order valence-corrected chi connectivity index (χ3v) is 6.55. The second-order valence-corrected chi connectivity index (χ2v) is 8.50. The van der Waals surface area contributed by atoms with Crippen LogP contribution in [-0.4, -0.2) is 27.5 Å². The summed E-state index contributed by atoms with van der Waals surface area (Å²) in [4.78, 5) is 17.0. The molecule has 1 saturated carbocycles. The Kier molecular flexibility index (Phi) is 5.06. The first-order valence-corrected chi connectivity index (χ1v) is 10.8. The van der Waals surface area contributed by atoms with Crippen LogP contribution in [0.25, 0.3) is 11.0 Å². The molecule has 2 heterocycles. The monoisotopic (exact) mass is 388 g/mol. The van der Waals surface area contributed by atoms with Crippen molar-refractivity contribution in [2.75, 3.05) is 0 Å². The van der Waals surface area contributed by atoms with Crippen molar-refractivity contribution >= 4 is 16.9 Å². The summed E-state index contributed by atoms with van der Waals surface area (Å²) in [6, 6.07) is 17.2. The molecule has 2 aliphatic rings. The predicted octanol–water partition coefficient (Wildman–Crippen LogP) is 3.62. The maximum absolute atomic E-state index is 12.6. The average Bonchev–Trinajstić information content (AvgIpc) is 3.37. The fourth-order valence-electron chi connectivity index (χ4n) is 4.93. The van der Waals surface area contributed by atoms with Crippen molar-refractivity contribution in [2.24, 2.45) is 5.92 Å². The quantitative estimate of drug-likeness (QED) is 0.702. The largest absolute Gasteiger partial charge is 0.351 e. The van der Waals surface area contributed by atoms with Gasteiger partial charge in [0.25, 0.3) is 0 Å². The molecule has 5 nitrogen and oxygen atoms in total. The molecule has 1 amide bonds. The number of nitrogens with one attached hydrogen (secondary N) is 2. The van der Waals surface area contributed by atoms with Gasteiger partial charge in [0.2, 0.25) is 5.91 Å². The maximum atomic E-state index is 12.6. The lowest BCUT2D eigenvalue weighted by Crippen LogP contribution is -2.42. The van der Waals surface area contributed by atoms with E-state index in [4.69, 9.17) is 0 Å². The van der Waals surface area contributed by atoms with E-state index in [2.05, 4.69) is 50.5 Å². The number of carbonyl (C=O) groups excluding carboxylic acids is 1. The highest BCUT2D eigenvalue weighted by atomic mass is 16.2. The number of nitrogens with zero attached hydrogens (tertiary/aromatic N) is 2. The summed E-state index contributed by atoms with van der Waals surface area (Å²) in [6.45, 7) is 1.38. The molecule has 2 fully saturated rings. The molecule has 3 atom stereocenters. The van der Waals surface area contributed by atoms with E-state index in [0.29, 0.717) is 18.5 Å². The Morgan fingerprint density at radius 3 is 2.72 bits per heavy atom. The van der Waals surface area contributed by atoms with E-state index in [0.717, 1.165) is 29.6 Å². The Morgan fingerprint density at radius 2 is 1.86 bits per heavy atom. The second kappa shape index (κ2) is 7.99. The number of amides is 1. The van der Waals surface area contributed by atoms with Crippen molar-refractivity contribution in [3.05, 3.63) is 66.0 Å². The van der Waals surface area contributed by atoms with Crippen molar-refractivity contribution in [2.45, 2.75) is 57.3 Å². The first-order valence-electron chi connectivity index (χ1n) is 10.8. The van der Waals surface area contributed by atoms with E-state index in [1.54, 1.807) is 0 Å². The molecular weight excluding hydrogens is 360 g/mol. The van der Waals surface area contributed by atoms with Crippen LogP contribution >= 0.6 is 0 Å². The molecule has 2 aromatic carbocycles. The molecule has 1 aliphatic heterocycles. The number of hydrogen-bond acceptors (Lipinski definition) is 3. The molecule has 0 spiro atoms. The molecule has 150 valence electrons. The smallest absolute Gasteiger partial charge is 0.237 e. The summed E-state index contributed by atoms with van der Waals surface area (Å²) in [7, 11) is 0. The van der Waals surface area contributed by atoms with E-state index in [1.807, 2.05) is 24.5 Å². The van der Waals surface area contributed by atoms with Gasteiger partial charge in [-0.25, -0.2) is 4.98 Å². The SMILES string of the molecule is O=C(NCc1ccc(Cn2cnc3ccccc32)cc1)C1CC2CCCCC2N1. The molecule has 0 radical (unpaired) electrons. The van der Waals surface area contributed by atoms with E-state index in [1.165, 1.54) is 31.2 Å². The van der Waals surface area contributed by atoms with Crippen LogP contribution in [-0.2, 0) is 17.9 Å². The normalized spacial score (nSPS) is 23.8. The van der Waals surface area contributed by atoms with E-state index < -0.39 is 0 Å². The lowest BCUT2D eigenvalue weighted by atomic mass is 9.85. The minimum Gasteiger partial charge on any atom is -0.351 e. The minimum atomic E-state index is -0.0168. The van der Waals surface area contributed by atoms with Gasteiger partial charge in [-0.05, 0) is 48.4 Å². The molecule has 29 heavy (non-hydrogen) atoms. The van der Waals surface area contributed by atoms with Crippen LogP contribution in [0.2, 0.25) is 0 Å². The van der Waals surface area contributed by atoms with Crippen LogP contribution in [0.3, 0.4) is 0 Å². The summed E-state index contributed by atoms with van der Waals surface area (Å²) in [5.41, 5.74) is 4.53. The summed E-state index contributed by atoms with van der Waals surface area (Å²) >= 11 is 0. The first kappa shape index (κ1) is 18.4. The standard InChI is InChI=1S/C24H28N4O/c29-24(22-13-19-5-1-2-6-20(19)27-22)25-14-17-9-11-18(12-10-17)15-28-16-26-21-7-3-4-8-23(21)28/h3-4,7-12,16,19-20,22,27H,1-2,5-6,13-15H2,(H,25,29). The van der Waals surface area contributed by atoms with Crippen LogP contribution in [0, 0.1) is 5.92 Å². The van der Waals surface area contributed by atoms with Gasteiger partial charge in [-0.1, -0.05) is 49.2 Å². The third-order valence-electron chi connectivity index (χ3n) is 6.55. The van der Waals surface area contributed by atoms with Gasteiger partial charge in [0.1, 0.15) is 0 Å². The highest BCUT2D eigenvalue weighted by molar-refractivity contribution is 5.82. The highest BCUT2D eigenvalue weighted by Crippen LogP contribution is 2.33. The topological polar surface area (TPSA) is 59.0 Å². The molecule has 1 aliphatic carbocycles. The molecule has 1 aromatic heterocycles. The number of para-hydroxylation sites is 2. The number of fused-ring (bicyclic) bond motifs is 2. The van der Waals surface area contributed by atoms with Crippen LogP contribution in [0.15, 0.2) is 54.9 Å². The number of hydrogen-bond donors (Lipinski definition) is 2. The predicted molar refractivity (Wildman–Crippen MR) is 114 cm³/mol. The summed E-state index contributed by atoms with van der Waals surface area (Å²) in [5, 5.41) is 6.68. The van der Waals surface area contributed by atoms with Gasteiger partial charge < -0.3 is 15.2 Å². The zero-order valence-corrected chi connectivity index (χ0v) is 16.7. The minimum absolute atomic E-state index is 0.0168. The van der Waals surface area contributed by atoms with Gasteiger partial charge in [0.15, 0.2) is 0 Å². The number of benzene rings is 2. The van der Waals surface area contributed by atoms with Gasteiger partial charge >= 0.3 is 0 Å². The first-order chi connectivity index (χ1) is 14.3. The zero-order valence-electron chi connectivity index (χ0n) is 16.7. The maximum Gasteiger partial charge on any atom is 0.237 e. The molecule has 0 bridgehead atoms. The zero-order chi connectivity index (χ0) is 19.6. The summed E-state index contributed by atoms with van der Waals surface area (Å²) in [6.07, 6.45) is 8.00. The number of carbonyl (C=O) groups is 1. The Labute approximate surface area is 171 Å². The Balaban J connectivity index is 1.16. The van der Waals surface area contributed by atoms with E-state index in [9.17, 15) is 4.79 Å². The fraction of sp³-hybridized carbons (Fsp3) is 0.417. The molecule has 2 N–H and O–H groups in total. The lowest BCUT2D eigenvalue weighted by Gasteiger charge is -2.24. The highest BCUT2D eigenvalue weighted by Gasteiger charge is 2.37. The van der Waals surface area contributed by atoms with Crippen LogP contribution in [0.5, 0.6) is 0 Å². The van der Waals surface area contributed by atoms with Gasteiger partial charge in [-0.2, -0.15) is 0 Å². The van der Waals surface area contributed by atoms with Crippen molar-refractivity contribution < 1.29 is 4.79 Å². The molecule has 3 aromatic rings. The summed E-state index contributed by atoms with van der Waals surface area (Å²) < 4.78 is 2.16. The Bertz CT molecular complexity index is 980. The average molecular weight is 389 g/mol. The Morgan fingerprint density at radius 1 is 1.07 bits per heavy atom. The van der Waals surface area contributed by atoms with Gasteiger partial charge in [-0.15, -0.1) is 0 Å². The number of aromatic nitrogens is 2. The van der Waals surface area contributed by atoms with Crippen LogP contribution in [0.4, 0.5) is 0 Å². The van der Waals surface area contributed by atoms with Crippen LogP contribution in [0.1, 0.15) is 43.2 Å². The van der Waals surface area contributed by atoms with Crippen molar-refractivity contribution in [1.82, 2.24) is 20.2 Å². The van der Waals surface area contributed by atoms with Crippen LogP contribution < -0.4 is 10.6 Å². The third kappa shape index (κ3) is 3.92. The number of rotatable bonds is 5. The molecular formula is C24H28N4O. The lowest BCUT2D eigenvalue weighted by molar-refractivity contribution is -0.123.